The molecule has 4 rings (SSSR count). The zero-order valence-corrected chi connectivity index (χ0v) is 13.3. The zero-order chi connectivity index (χ0) is 17.1. The van der Waals surface area contributed by atoms with Gasteiger partial charge in [0.1, 0.15) is 11.5 Å². The zero-order valence-electron chi connectivity index (χ0n) is 13.3. The lowest BCUT2D eigenvalue weighted by Gasteiger charge is -2.07. The summed E-state index contributed by atoms with van der Waals surface area (Å²) in [5, 5.41) is 2.78. The van der Waals surface area contributed by atoms with Gasteiger partial charge in [0.15, 0.2) is 0 Å². The second-order valence-electron chi connectivity index (χ2n) is 5.50. The molecule has 0 aliphatic carbocycles. The first-order valence-electron chi connectivity index (χ1n) is 7.87. The van der Waals surface area contributed by atoms with Gasteiger partial charge >= 0.3 is 0 Å². The Bertz CT molecular complexity index is 992. The highest BCUT2D eigenvalue weighted by atomic mass is 16.5. The minimum atomic E-state index is -0.252. The van der Waals surface area contributed by atoms with Crippen molar-refractivity contribution in [3.8, 4) is 11.5 Å². The van der Waals surface area contributed by atoms with Gasteiger partial charge in [-0.1, -0.05) is 36.4 Å². The molecule has 0 aliphatic rings. The fourth-order valence-electron chi connectivity index (χ4n) is 2.52. The maximum absolute atomic E-state index is 12.5. The smallest absolute Gasteiger partial charge is 0.258 e. The van der Waals surface area contributed by atoms with E-state index in [4.69, 9.17) is 4.74 Å². The quantitative estimate of drug-likeness (QED) is 0.574. The summed E-state index contributed by atoms with van der Waals surface area (Å²) in [5.41, 5.74) is 2.17. The van der Waals surface area contributed by atoms with E-state index in [1.54, 1.807) is 18.2 Å². The number of nitrogens with one attached hydrogen (secondary N) is 2. The van der Waals surface area contributed by atoms with E-state index in [-0.39, 0.29) is 5.91 Å². The molecule has 2 N–H and O–H groups in total. The highest BCUT2D eigenvalue weighted by molar-refractivity contribution is 6.04. The van der Waals surface area contributed by atoms with Gasteiger partial charge in [-0.05, 0) is 42.5 Å². The number of H-pyrrole nitrogens is 1. The van der Waals surface area contributed by atoms with Crippen LogP contribution in [0, 0.1) is 0 Å². The van der Waals surface area contributed by atoms with Crippen LogP contribution in [0.3, 0.4) is 0 Å². The number of para-hydroxylation sites is 3. The molecule has 0 fully saturated rings. The van der Waals surface area contributed by atoms with Gasteiger partial charge in [0.05, 0.1) is 11.0 Å². The number of imidazole rings is 1. The largest absolute Gasteiger partial charge is 0.457 e. The molecule has 0 atom stereocenters. The molecule has 4 aromatic rings. The number of amides is 1. The van der Waals surface area contributed by atoms with Gasteiger partial charge < -0.3 is 9.72 Å². The standard InChI is InChI=1S/C20H15N3O2/c24-19(23-20-21-17-11-4-5-12-18(17)22-20)14-7-6-10-16(13-14)25-15-8-2-1-3-9-15/h1-13H,(H2,21,22,23,24). The molecule has 25 heavy (non-hydrogen) atoms. The number of anilines is 1. The SMILES string of the molecule is O=C(Nc1nc2ccccc2[nH]1)c1cccc(Oc2ccccc2)c1. The predicted molar refractivity (Wildman–Crippen MR) is 97.0 cm³/mol. The number of ether oxygens (including phenoxy) is 1. The molecule has 0 radical (unpaired) electrons. The summed E-state index contributed by atoms with van der Waals surface area (Å²) < 4.78 is 5.76. The number of benzene rings is 3. The van der Waals surface area contributed by atoms with Crippen molar-refractivity contribution >= 4 is 22.9 Å². The van der Waals surface area contributed by atoms with Crippen LogP contribution in [0.4, 0.5) is 5.95 Å². The Hall–Kier alpha value is -3.60. The van der Waals surface area contributed by atoms with Gasteiger partial charge in [-0.2, -0.15) is 0 Å². The maximum atomic E-state index is 12.5. The van der Waals surface area contributed by atoms with Crippen molar-refractivity contribution in [2.24, 2.45) is 0 Å². The van der Waals surface area contributed by atoms with Crippen LogP contribution in [-0.4, -0.2) is 15.9 Å². The summed E-state index contributed by atoms with van der Waals surface area (Å²) in [6.07, 6.45) is 0. The van der Waals surface area contributed by atoms with Crippen molar-refractivity contribution in [1.29, 1.82) is 0 Å². The van der Waals surface area contributed by atoms with Crippen molar-refractivity contribution in [2.45, 2.75) is 0 Å². The first-order chi connectivity index (χ1) is 12.3. The van der Waals surface area contributed by atoms with Gasteiger partial charge in [-0.15, -0.1) is 0 Å². The lowest BCUT2D eigenvalue weighted by molar-refractivity contribution is 0.102. The minimum Gasteiger partial charge on any atom is -0.457 e. The van der Waals surface area contributed by atoms with E-state index < -0.39 is 0 Å². The third-order valence-electron chi connectivity index (χ3n) is 3.70. The summed E-state index contributed by atoms with van der Waals surface area (Å²) in [7, 11) is 0. The molecule has 1 heterocycles. The van der Waals surface area contributed by atoms with E-state index >= 15 is 0 Å². The van der Waals surface area contributed by atoms with Crippen LogP contribution in [0.5, 0.6) is 11.5 Å². The van der Waals surface area contributed by atoms with Gasteiger partial charge in [-0.3, -0.25) is 10.1 Å². The molecule has 1 aromatic heterocycles. The van der Waals surface area contributed by atoms with Crippen LogP contribution in [0.15, 0.2) is 78.9 Å². The van der Waals surface area contributed by atoms with Gasteiger partial charge in [0.2, 0.25) is 5.95 Å². The van der Waals surface area contributed by atoms with Crippen molar-refractivity contribution in [2.75, 3.05) is 5.32 Å². The van der Waals surface area contributed by atoms with Gasteiger partial charge in [0.25, 0.3) is 5.91 Å². The second kappa shape index (κ2) is 6.49. The molecule has 0 saturated heterocycles. The first kappa shape index (κ1) is 15.0. The summed E-state index contributed by atoms with van der Waals surface area (Å²) >= 11 is 0. The van der Waals surface area contributed by atoms with Gasteiger partial charge in [0, 0.05) is 5.56 Å². The molecule has 0 saturated carbocycles. The molecule has 1 amide bonds. The summed E-state index contributed by atoms with van der Waals surface area (Å²) in [4.78, 5) is 19.9. The third-order valence-corrected chi connectivity index (χ3v) is 3.70. The number of aromatic amines is 1. The van der Waals surface area contributed by atoms with Crippen LogP contribution in [0.2, 0.25) is 0 Å². The van der Waals surface area contributed by atoms with Crippen LogP contribution < -0.4 is 10.1 Å². The lowest BCUT2D eigenvalue weighted by atomic mass is 10.2. The lowest BCUT2D eigenvalue weighted by Crippen LogP contribution is -2.12. The number of hydrogen-bond donors (Lipinski definition) is 2. The Morgan fingerprint density at radius 3 is 2.48 bits per heavy atom. The van der Waals surface area contributed by atoms with E-state index in [0.29, 0.717) is 17.3 Å². The summed E-state index contributed by atoms with van der Waals surface area (Å²) in [6.45, 7) is 0. The van der Waals surface area contributed by atoms with Crippen molar-refractivity contribution < 1.29 is 9.53 Å². The predicted octanol–water partition coefficient (Wildman–Crippen LogP) is 4.61. The third kappa shape index (κ3) is 3.35. The number of carbonyl (C=O) groups excluding carboxylic acids is 1. The Morgan fingerprint density at radius 1 is 0.880 bits per heavy atom. The molecule has 5 heteroatoms. The molecular formula is C20H15N3O2. The molecule has 0 aliphatic heterocycles. The van der Waals surface area contributed by atoms with E-state index in [0.717, 1.165) is 16.8 Å². The summed E-state index contributed by atoms with van der Waals surface area (Å²) in [5.74, 6) is 1.49. The molecule has 5 nitrogen and oxygen atoms in total. The van der Waals surface area contributed by atoms with E-state index in [9.17, 15) is 4.79 Å². The van der Waals surface area contributed by atoms with Crippen LogP contribution >= 0.6 is 0 Å². The highest BCUT2D eigenvalue weighted by Crippen LogP contribution is 2.22. The number of rotatable bonds is 4. The molecule has 0 bridgehead atoms. The Balaban J connectivity index is 1.52. The fraction of sp³-hybridized carbons (Fsp3) is 0. The van der Waals surface area contributed by atoms with Crippen molar-refractivity contribution in [3.05, 3.63) is 84.4 Å². The Morgan fingerprint density at radius 2 is 1.64 bits per heavy atom. The van der Waals surface area contributed by atoms with E-state index in [2.05, 4.69) is 15.3 Å². The number of hydrogen-bond acceptors (Lipinski definition) is 3. The van der Waals surface area contributed by atoms with Crippen molar-refractivity contribution in [3.63, 3.8) is 0 Å². The second-order valence-corrected chi connectivity index (χ2v) is 5.50. The van der Waals surface area contributed by atoms with Crippen LogP contribution in [0.25, 0.3) is 11.0 Å². The van der Waals surface area contributed by atoms with Crippen LogP contribution in [0.1, 0.15) is 10.4 Å². The monoisotopic (exact) mass is 329 g/mol. The number of nitrogens with zero attached hydrogens (tertiary/aromatic N) is 1. The highest BCUT2D eigenvalue weighted by Gasteiger charge is 2.10. The molecule has 122 valence electrons. The van der Waals surface area contributed by atoms with Crippen LogP contribution in [-0.2, 0) is 0 Å². The molecule has 3 aromatic carbocycles. The average molecular weight is 329 g/mol. The number of carbonyl (C=O) groups is 1. The van der Waals surface area contributed by atoms with E-state index in [1.807, 2.05) is 60.7 Å². The summed E-state index contributed by atoms with van der Waals surface area (Å²) in [6, 6.07) is 24.1. The average Bonchev–Trinajstić information content (AvgIpc) is 3.05. The molecule has 0 spiro atoms. The van der Waals surface area contributed by atoms with Crippen molar-refractivity contribution in [1.82, 2.24) is 9.97 Å². The minimum absolute atomic E-state index is 0.252. The number of fused-ring (bicyclic) bond motifs is 1. The van der Waals surface area contributed by atoms with E-state index in [1.165, 1.54) is 0 Å². The topological polar surface area (TPSA) is 67.0 Å². The van der Waals surface area contributed by atoms with Gasteiger partial charge in [-0.25, -0.2) is 4.98 Å². The molecular weight excluding hydrogens is 314 g/mol. The fourth-order valence-corrected chi connectivity index (χ4v) is 2.52. The Labute approximate surface area is 144 Å². The first-order valence-corrected chi connectivity index (χ1v) is 7.87. The maximum Gasteiger partial charge on any atom is 0.258 e. The Kier molecular flexibility index (Phi) is 3.88. The normalized spacial score (nSPS) is 10.6. The molecule has 0 unspecified atom stereocenters. The number of aromatic nitrogens is 2.